The summed E-state index contributed by atoms with van der Waals surface area (Å²) in [6.45, 7) is -0.241. The summed E-state index contributed by atoms with van der Waals surface area (Å²) in [5.74, 6) is -10.2. The van der Waals surface area contributed by atoms with Gasteiger partial charge < -0.3 is 5.32 Å². The topological polar surface area (TPSA) is 48.7 Å². The molecule has 8 heteroatoms. The van der Waals surface area contributed by atoms with E-state index in [2.05, 4.69) is 10.3 Å². The highest BCUT2D eigenvalue weighted by molar-refractivity contribution is 5.48. The van der Waals surface area contributed by atoms with E-state index in [1.54, 1.807) is 6.07 Å². The van der Waals surface area contributed by atoms with E-state index in [9.17, 15) is 22.0 Å². The number of anilines is 1. The molecule has 0 aliphatic carbocycles. The van der Waals surface area contributed by atoms with Crippen LogP contribution in [0.2, 0.25) is 0 Å². The molecule has 2 aromatic rings. The summed E-state index contributed by atoms with van der Waals surface area (Å²) in [6.07, 6.45) is 1.29. The molecule has 0 saturated carbocycles. The predicted octanol–water partition coefficient (Wildman–Crippen LogP) is 3.26. The van der Waals surface area contributed by atoms with E-state index in [1.165, 1.54) is 18.3 Å². The van der Waals surface area contributed by atoms with Crippen LogP contribution in [-0.2, 0) is 6.54 Å². The first kappa shape index (κ1) is 14.7. The molecule has 0 amide bonds. The van der Waals surface area contributed by atoms with Gasteiger partial charge in [-0.25, -0.2) is 26.9 Å². The third-order valence-corrected chi connectivity index (χ3v) is 2.62. The van der Waals surface area contributed by atoms with Crippen LogP contribution in [0.1, 0.15) is 11.3 Å². The highest BCUT2D eigenvalue weighted by Crippen LogP contribution is 2.27. The molecule has 0 aliphatic rings. The van der Waals surface area contributed by atoms with Gasteiger partial charge in [0.2, 0.25) is 5.82 Å². The van der Waals surface area contributed by atoms with Crippen LogP contribution in [0.4, 0.5) is 27.6 Å². The van der Waals surface area contributed by atoms with Crippen molar-refractivity contribution in [3.63, 3.8) is 0 Å². The zero-order valence-electron chi connectivity index (χ0n) is 10.2. The standard InChI is InChI=1S/C13H6F5N3/c14-8-9(15)11(17)13(12(18)10(8)16)21-5-6-1-2-20-7(3-6)4-19/h1-3,21H,5H2. The summed E-state index contributed by atoms with van der Waals surface area (Å²) in [6, 6.07) is 4.51. The van der Waals surface area contributed by atoms with Crippen molar-refractivity contribution in [2.45, 2.75) is 6.54 Å². The molecule has 0 bridgehead atoms. The molecule has 0 saturated heterocycles. The second-order valence-corrected chi connectivity index (χ2v) is 3.96. The first-order valence-corrected chi connectivity index (χ1v) is 5.56. The van der Waals surface area contributed by atoms with Crippen molar-refractivity contribution < 1.29 is 22.0 Å². The summed E-state index contributed by atoms with van der Waals surface area (Å²) in [5.41, 5.74) is -0.668. The van der Waals surface area contributed by atoms with E-state index in [1.807, 2.05) is 0 Å². The number of hydrogen-bond donors (Lipinski definition) is 1. The van der Waals surface area contributed by atoms with Gasteiger partial charge in [-0.15, -0.1) is 0 Å². The number of rotatable bonds is 3. The Labute approximate surface area is 115 Å². The quantitative estimate of drug-likeness (QED) is 0.537. The number of nitrogens with one attached hydrogen (secondary N) is 1. The van der Waals surface area contributed by atoms with Gasteiger partial charge in [-0.05, 0) is 17.7 Å². The first-order valence-electron chi connectivity index (χ1n) is 5.56. The van der Waals surface area contributed by atoms with Gasteiger partial charge >= 0.3 is 0 Å². The minimum Gasteiger partial charge on any atom is -0.376 e. The lowest BCUT2D eigenvalue weighted by Crippen LogP contribution is -2.10. The highest BCUT2D eigenvalue weighted by atomic mass is 19.2. The second-order valence-electron chi connectivity index (χ2n) is 3.96. The molecule has 0 aliphatic heterocycles. The lowest BCUT2D eigenvalue weighted by Gasteiger charge is -2.10. The van der Waals surface area contributed by atoms with Crippen LogP contribution in [0.3, 0.4) is 0 Å². The second kappa shape index (κ2) is 5.75. The number of benzene rings is 1. The Hall–Kier alpha value is -2.69. The van der Waals surface area contributed by atoms with Gasteiger partial charge in [0.1, 0.15) is 17.5 Å². The van der Waals surface area contributed by atoms with Crippen molar-refractivity contribution >= 4 is 5.69 Å². The van der Waals surface area contributed by atoms with Crippen LogP contribution in [0.5, 0.6) is 0 Å². The number of aromatic nitrogens is 1. The zero-order chi connectivity index (χ0) is 15.6. The Balaban J connectivity index is 2.30. The van der Waals surface area contributed by atoms with Crippen molar-refractivity contribution in [3.05, 3.63) is 58.7 Å². The number of hydrogen-bond acceptors (Lipinski definition) is 3. The Kier molecular flexibility index (Phi) is 4.03. The van der Waals surface area contributed by atoms with Gasteiger partial charge in [-0.2, -0.15) is 5.26 Å². The maximum atomic E-state index is 13.4. The van der Waals surface area contributed by atoms with Crippen molar-refractivity contribution in [1.29, 1.82) is 5.26 Å². The number of nitriles is 1. The summed E-state index contributed by atoms with van der Waals surface area (Å²) in [4.78, 5) is 3.68. The molecule has 1 aromatic carbocycles. The molecule has 0 radical (unpaired) electrons. The average molecular weight is 299 g/mol. The van der Waals surface area contributed by atoms with Crippen molar-refractivity contribution in [2.24, 2.45) is 0 Å². The Morgan fingerprint density at radius 3 is 2.14 bits per heavy atom. The van der Waals surface area contributed by atoms with Crippen LogP contribution in [0.25, 0.3) is 0 Å². The molecule has 0 fully saturated rings. The Bertz CT molecular complexity index is 710. The number of pyridine rings is 1. The summed E-state index contributed by atoms with van der Waals surface area (Å²) >= 11 is 0. The maximum Gasteiger partial charge on any atom is 0.200 e. The molecule has 1 aromatic heterocycles. The van der Waals surface area contributed by atoms with E-state index in [4.69, 9.17) is 5.26 Å². The van der Waals surface area contributed by atoms with Crippen LogP contribution < -0.4 is 5.32 Å². The normalized spacial score (nSPS) is 10.3. The Morgan fingerprint density at radius 1 is 1.00 bits per heavy atom. The SMILES string of the molecule is N#Cc1cc(CNc2c(F)c(F)c(F)c(F)c2F)ccn1. The van der Waals surface area contributed by atoms with Crippen molar-refractivity contribution in [3.8, 4) is 6.07 Å². The molecular weight excluding hydrogens is 293 g/mol. The van der Waals surface area contributed by atoms with Crippen molar-refractivity contribution in [1.82, 2.24) is 4.98 Å². The summed E-state index contributed by atoms with van der Waals surface area (Å²) < 4.78 is 65.7. The molecule has 0 atom stereocenters. The van der Waals surface area contributed by atoms with Gasteiger partial charge in [0.15, 0.2) is 23.3 Å². The van der Waals surface area contributed by atoms with E-state index in [0.29, 0.717) is 5.56 Å². The van der Waals surface area contributed by atoms with E-state index >= 15 is 0 Å². The molecule has 3 nitrogen and oxygen atoms in total. The molecule has 21 heavy (non-hydrogen) atoms. The van der Waals surface area contributed by atoms with Crippen LogP contribution in [0, 0.1) is 40.4 Å². The van der Waals surface area contributed by atoms with E-state index < -0.39 is 34.8 Å². The van der Waals surface area contributed by atoms with Crippen LogP contribution in [0.15, 0.2) is 18.3 Å². The van der Waals surface area contributed by atoms with Crippen LogP contribution in [-0.4, -0.2) is 4.98 Å². The highest BCUT2D eigenvalue weighted by Gasteiger charge is 2.25. The molecule has 0 unspecified atom stereocenters. The van der Waals surface area contributed by atoms with Gasteiger partial charge in [-0.3, -0.25) is 0 Å². The molecule has 108 valence electrons. The summed E-state index contributed by atoms with van der Waals surface area (Å²) in [5, 5.41) is 10.8. The van der Waals surface area contributed by atoms with Gasteiger partial charge in [0.25, 0.3) is 0 Å². The lowest BCUT2D eigenvalue weighted by molar-refractivity contribution is 0.381. The fraction of sp³-hybridized carbons (Fsp3) is 0.0769. The minimum absolute atomic E-state index is 0.0618. The van der Waals surface area contributed by atoms with Gasteiger partial charge in [0, 0.05) is 12.7 Å². The smallest absolute Gasteiger partial charge is 0.200 e. The monoisotopic (exact) mass is 299 g/mol. The van der Waals surface area contributed by atoms with Crippen molar-refractivity contribution in [2.75, 3.05) is 5.32 Å². The zero-order valence-corrected chi connectivity index (χ0v) is 10.2. The number of halogens is 5. The van der Waals surface area contributed by atoms with E-state index in [0.717, 1.165) is 0 Å². The summed E-state index contributed by atoms with van der Waals surface area (Å²) in [7, 11) is 0. The molecular formula is C13H6F5N3. The lowest BCUT2D eigenvalue weighted by atomic mass is 10.2. The fourth-order valence-electron chi connectivity index (χ4n) is 1.60. The fourth-order valence-corrected chi connectivity index (χ4v) is 1.60. The maximum absolute atomic E-state index is 13.4. The third-order valence-electron chi connectivity index (χ3n) is 2.62. The number of nitrogens with zero attached hydrogens (tertiary/aromatic N) is 2. The third kappa shape index (κ3) is 2.76. The van der Waals surface area contributed by atoms with Gasteiger partial charge in [0.05, 0.1) is 0 Å². The van der Waals surface area contributed by atoms with Gasteiger partial charge in [-0.1, -0.05) is 0 Å². The van der Waals surface area contributed by atoms with E-state index in [-0.39, 0.29) is 12.2 Å². The average Bonchev–Trinajstić information content (AvgIpc) is 2.51. The Morgan fingerprint density at radius 2 is 1.57 bits per heavy atom. The molecule has 0 spiro atoms. The first-order chi connectivity index (χ1) is 9.95. The molecule has 1 N–H and O–H groups in total. The van der Waals surface area contributed by atoms with Crippen LogP contribution >= 0.6 is 0 Å². The molecule has 2 rings (SSSR count). The predicted molar refractivity (Wildman–Crippen MR) is 62.5 cm³/mol. The molecule has 1 heterocycles. The largest absolute Gasteiger partial charge is 0.376 e. The minimum atomic E-state index is -2.22.